The lowest BCUT2D eigenvalue weighted by atomic mass is 9.68. The van der Waals surface area contributed by atoms with Gasteiger partial charge in [-0.3, -0.25) is 9.80 Å². The Labute approximate surface area is 170 Å². The summed E-state index contributed by atoms with van der Waals surface area (Å²) in [4.78, 5) is 20.0. The number of carboxylic acid groups (broad SMARTS) is 1. The van der Waals surface area contributed by atoms with Crippen molar-refractivity contribution in [3.63, 3.8) is 0 Å². The standard InChI is InChI=1S/C21H27N5O3/c1-25(2)20(15-6-4-3-5-7-15)10-8-19(9-11-20)12-17(23-24-19)26-14-16-13-22-21(26,29-16)18(27)28/h3-7,13-14,17,23-24H,8-12H2,1-2H3,(H,27,28). The third-order valence-corrected chi connectivity index (χ3v) is 7.15. The molecular formula is C21H27N5O3. The van der Waals surface area contributed by atoms with Crippen LogP contribution in [0.5, 0.6) is 0 Å². The summed E-state index contributed by atoms with van der Waals surface area (Å²) in [5.74, 6) is -2.26. The number of hydrazine groups is 1. The van der Waals surface area contributed by atoms with E-state index in [4.69, 9.17) is 4.74 Å². The van der Waals surface area contributed by atoms with E-state index < -0.39 is 11.8 Å². The molecule has 29 heavy (non-hydrogen) atoms. The zero-order valence-corrected chi connectivity index (χ0v) is 16.8. The molecule has 1 aromatic rings. The third kappa shape index (κ3) is 2.63. The minimum absolute atomic E-state index is 0.0245. The normalized spacial score (nSPS) is 38.0. The van der Waals surface area contributed by atoms with Gasteiger partial charge in [0.15, 0.2) is 5.76 Å². The van der Waals surface area contributed by atoms with Gasteiger partial charge in [0.25, 0.3) is 0 Å². The van der Waals surface area contributed by atoms with Gasteiger partial charge in [-0.2, -0.15) is 0 Å². The molecule has 2 atom stereocenters. The maximum absolute atomic E-state index is 11.9. The molecular weight excluding hydrogens is 370 g/mol. The first-order valence-corrected chi connectivity index (χ1v) is 10.1. The molecule has 2 fully saturated rings. The molecule has 5 rings (SSSR count). The molecule has 2 unspecified atom stereocenters. The number of rotatable bonds is 4. The Kier molecular flexibility index (Phi) is 4.03. The number of aliphatic imine (C=N–C) groups is 1. The minimum Gasteiger partial charge on any atom is -0.475 e. The second-order valence-corrected chi connectivity index (χ2v) is 8.77. The fraction of sp³-hybridized carbons (Fsp3) is 0.524. The SMILES string of the molecule is CN(C)C1(c2ccccc2)CCC2(CC1)CC(N1C=C3C=NC1(C(=O)O)O3)NN2. The second kappa shape index (κ2) is 6.29. The monoisotopic (exact) mass is 397 g/mol. The lowest BCUT2D eigenvalue weighted by Gasteiger charge is -2.49. The molecule has 0 radical (unpaired) electrons. The summed E-state index contributed by atoms with van der Waals surface area (Å²) in [5, 5.41) is 9.71. The Morgan fingerprint density at radius 2 is 1.97 bits per heavy atom. The third-order valence-electron chi connectivity index (χ3n) is 7.15. The summed E-state index contributed by atoms with van der Waals surface area (Å²) in [6, 6.07) is 10.7. The predicted molar refractivity (Wildman–Crippen MR) is 108 cm³/mol. The summed E-state index contributed by atoms with van der Waals surface area (Å²) in [5.41, 5.74) is 8.14. The van der Waals surface area contributed by atoms with Crippen molar-refractivity contribution in [2.24, 2.45) is 4.99 Å². The summed E-state index contributed by atoms with van der Waals surface area (Å²) in [7, 11) is 4.32. The van der Waals surface area contributed by atoms with Gasteiger partial charge in [-0.05, 0) is 45.3 Å². The van der Waals surface area contributed by atoms with E-state index in [0.717, 1.165) is 32.1 Å². The lowest BCUT2D eigenvalue weighted by molar-refractivity contribution is -0.173. The van der Waals surface area contributed by atoms with Gasteiger partial charge in [0.05, 0.1) is 18.6 Å². The van der Waals surface area contributed by atoms with E-state index in [2.05, 4.69) is 65.2 Å². The summed E-state index contributed by atoms with van der Waals surface area (Å²) >= 11 is 0. The van der Waals surface area contributed by atoms with E-state index in [-0.39, 0.29) is 17.2 Å². The van der Waals surface area contributed by atoms with Gasteiger partial charge in [0.1, 0.15) is 0 Å². The first-order valence-electron chi connectivity index (χ1n) is 10.1. The largest absolute Gasteiger partial charge is 0.475 e. The molecule has 8 nitrogen and oxygen atoms in total. The zero-order valence-electron chi connectivity index (χ0n) is 16.8. The number of allylic oxidation sites excluding steroid dienone is 1. The lowest BCUT2D eigenvalue weighted by Crippen LogP contribution is -2.56. The summed E-state index contributed by atoms with van der Waals surface area (Å²) in [6.07, 6.45) is 7.89. The molecule has 3 N–H and O–H groups in total. The van der Waals surface area contributed by atoms with Gasteiger partial charge in [-0.1, -0.05) is 30.3 Å². The van der Waals surface area contributed by atoms with Crippen molar-refractivity contribution >= 4 is 12.2 Å². The molecule has 8 heteroatoms. The highest BCUT2D eigenvalue weighted by atomic mass is 16.6. The van der Waals surface area contributed by atoms with Crippen molar-refractivity contribution < 1.29 is 14.6 Å². The number of aliphatic carboxylic acids is 1. The van der Waals surface area contributed by atoms with Crippen LogP contribution in [0.2, 0.25) is 0 Å². The molecule has 1 aromatic carbocycles. The van der Waals surface area contributed by atoms with Crippen LogP contribution >= 0.6 is 0 Å². The highest BCUT2D eigenvalue weighted by Gasteiger charge is 2.59. The number of nitrogens with zero attached hydrogens (tertiary/aromatic N) is 3. The van der Waals surface area contributed by atoms with Crippen molar-refractivity contribution in [3.05, 3.63) is 47.9 Å². The molecule has 154 valence electrons. The van der Waals surface area contributed by atoms with E-state index in [1.807, 2.05) is 0 Å². The van der Waals surface area contributed by atoms with Crippen molar-refractivity contribution in [2.45, 2.75) is 55.2 Å². The van der Waals surface area contributed by atoms with Crippen LogP contribution in [0.1, 0.15) is 37.7 Å². The first kappa shape index (κ1) is 18.6. The van der Waals surface area contributed by atoms with Crippen LogP contribution in [0, 0.1) is 0 Å². The number of hydrogen-bond donors (Lipinski definition) is 3. The Morgan fingerprint density at radius 3 is 2.59 bits per heavy atom. The van der Waals surface area contributed by atoms with E-state index in [1.165, 1.54) is 11.8 Å². The molecule has 1 saturated carbocycles. The zero-order chi connectivity index (χ0) is 20.3. The number of fused-ring (bicyclic) bond motifs is 2. The smallest absolute Gasteiger partial charge is 0.396 e. The summed E-state index contributed by atoms with van der Waals surface area (Å²) in [6.45, 7) is 0. The fourth-order valence-electron chi connectivity index (χ4n) is 5.37. The summed E-state index contributed by atoms with van der Waals surface area (Å²) < 4.78 is 5.54. The molecule has 0 aromatic heterocycles. The van der Waals surface area contributed by atoms with E-state index in [9.17, 15) is 9.90 Å². The van der Waals surface area contributed by atoms with Gasteiger partial charge in [-0.25, -0.2) is 20.6 Å². The van der Waals surface area contributed by atoms with Crippen LogP contribution in [-0.4, -0.2) is 58.7 Å². The Bertz CT molecular complexity index is 876. The average molecular weight is 397 g/mol. The Morgan fingerprint density at radius 1 is 1.24 bits per heavy atom. The van der Waals surface area contributed by atoms with Crippen molar-refractivity contribution in [1.82, 2.24) is 20.7 Å². The van der Waals surface area contributed by atoms with E-state index in [1.54, 1.807) is 11.1 Å². The van der Waals surface area contributed by atoms with Gasteiger partial charge in [0.2, 0.25) is 0 Å². The quantitative estimate of drug-likeness (QED) is 0.711. The van der Waals surface area contributed by atoms with Crippen molar-refractivity contribution in [3.8, 4) is 0 Å². The predicted octanol–water partition coefficient (Wildman–Crippen LogP) is 1.58. The molecule has 0 amide bonds. The van der Waals surface area contributed by atoms with Gasteiger partial charge < -0.3 is 9.84 Å². The van der Waals surface area contributed by atoms with Crippen LogP contribution in [0.3, 0.4) is 0 Å². The van der Waals surface area contributed by atoms with Crippen LogP contribution < -0.4 is 10.9 Å². The average Bonchev–Trinajstić information content (AvgIpc) is 3.43. The van der Waals surface area contributed by atoms with Crippen LogP contribution in [0.25, 0.3) is 0 Å². The molecule has 1 saturated heterocycles. The fourth-order valence-corrected chi connectivity index (χ4v) is 5.37. The number of carboxylic acids is 1. The minimum atomic E-state index is -1.66. The topological polar surface area (TPSA) is 89.4 Å². The van der Waals surface area contributed by atoms with Gasteiger partial charge in [0, 0.05) is 17.5 Å². The Balaban J connectivity index is 1.33. The van der Waals surface area contributed by atoms with Crippen LogP contribution in [-0.2, 0) is 15.1 Å². The van der Waals surface area contributed by atoms with Crippen molar-refractivity contribution in [1.29, 1.82) is 0 Å². The highest BCUT2D eigenvalue weighted by Crippen LogP contribution is 2.48. The number of ether oxygens (including phenoxy) is 1. The molecule has 1 aliphatic carbocycles. The second-order valence-electron chi connectivity index (χ2n) is 8.77. The molecule has 3 heterocycles. The Hall–Kier alpha value is -2.42. The van der Waals surface area contributed by atoms with Crippen LogP contribution in [0.4, 0.5) is 0 Å². The van der Waals surface area contributed by atoms with Crippen molar-refractivity contribution in [2.75, 3.05) is 14.1 Å². The maximum atomic E-state index is 11.9. The number of nitrogens with one attached hydrogen (secondary N) is 2. The molecule has 4 aliphatic rings. The van der Waals surface area contributed by atoms with E-state index in [0.29, 0.717) is 5.76 Å². The molecule has 2 bridgehead atoms. The number of hydrogen-bond acceptors (Lipinski definition) is 7. The van der Waals surface area contributed by atoms with Gasteiger partial charge in [-0.15, -0.1) is 0 Å². The molecule has 3 aliphatic heterocycles. The van der Waals surface area contributed by atoms with Crippen LogP contribution in [0.15, 0.2) is 47.3 Å². The maximum Gasteiger partial charge on any atom is 0.396 e. The number of benzene rings is 1. The highest BCUT2D eigenvalue weighted by molar-refractivity contribution is 5.89. The van der Waals surface area contributed by atoms with Gasteiger partial charge >= 0.3 is 11.8 Å². The molecule has 1 spiro atoms. The van der Waals surface area contributed by atoms with E-state index >= 15 is 0 Å². The first-order chi connectivity index (χ1) is 13.9. The number of carbonyl (C=O) groups is 1.